The molecule has 35 heavy (non-hydrogen) atoms. The summed E-state index contributed by atoms with van der Waals surface area (Å²) in [5, 5.41) is 19.0. The molecule has 0 aliphatic heterocycles. The van der Waals surface area contributed by atoms with Gasteiger partial charge in [-0.05, 0) is 55.0 Å². The number of hydrogen-bond acceptors (Lipinski definition) is 4. The van der Waals surface area contributed by atoms with Gasteiger partial charge in [-0.3, -0.25) is 9.89 Å². The molecular formula is C27H30FN3O4. The summed E-state index contributed by atoms with van der Waals surface area (Å²) in [5.41, 5.74) is 4.40. The first-order valence-electron chi connectivity index (χ1n) is 11.8. The molecule has 0 amide bonds. The first-order valence-corrected chi connectivity index (χ1v) is 11.8. The highest BCUT2D eigenvalue weighted by atomic mass is 19.1. The number of aromatic amines is 1. The number of aromatic nitrogens is 3. The number of carboxylic acid groups (broad SMARTS) is 1. The van der Waals surface area contributed by atoms with Crippen LogP contribution in [0.3, 0.4) is 0 Å². The summed E-state index contributed by atoms with van der Waals surface area (Å²) < 4.78 is 27.5. The first kappa shape index (κ1) is 23.4. The number of H-pyrrole nitrogens is 1. The second-order valence-corrected chi connectivity index (χ2v) is 10.1. The van der Waals surface area contributed by atoms with Gasteiger partial charge >= 0.3 is 5.97 Å². The maximum Gasteiger partial charge on any atom is 0.306 e. The molecule has 0 bridgehead atoms. The summed E-state index contributed by atoms with van der Waals surface area (Å²) in [7, 11) is 3.14. The predicted molar refractivity (Wildman–Crippen MR) is 132 cm³/mol. The van der Waals surface area contributed by atoms with Crippen LogP contribution in [0.1, 0.15) is 50.3 Å². The lowest BCUT2D eigenvalue weighted by Gasteiger charge is -2.29. The third-order valence-electron chi connectivity index (χ3n) is 7.30. The molecule has 1 saturated carbocycles. The number of halogens is 1. The van der Waals surface area contributed by atoms with Gasteiger partial charge in [-0.25, -0.2) is 4.39 Å². The summed E-state index contributed by atoms with van der Waals surface area (Å²) in [6.07, 6.45) is 3.80. The highest BCUT2D eigenvalue weighted by molar-refractivity contribution is 5.99. The van der Waals surface area contributed by atoms with E-state index in [1.54, 1.807) is 25.4 Å². The number of rotatable bonds is 7. The van der Waals surface area contributed by atoms with E-state index in [-0.39, 0.29) is 17.6 Å². The van der Waals surface area contributed by atoms with Gasteiger partial charge in [0.1, 0.15) is 0 Å². The van der Waals surface area contributed by atoms with Crippen LogP contribution in [0.4, 0.5) is 4.39 Å². The zero-order chi connectivity index (χ0) is 24.9. The number of benzene rings is 2. The lowest BCUT2D eigenvalue weighted by Crippen LogP contribution is -2.28. The van der Waals surface area contributed by atoms with E-state index in [1.165, 1.54) is 13.2 Å². The molecule has 2 heterocycles. The van der Waals surface area contributed by atoms with Crippen molar-refractivity contribution in [3.05, 3.63) is 53.6 Å². The topological polar surface area (TPSA) is 89.4 Å². The molecule has 0 saturated heterocycles. The van der Waals surface area contributed by atoms with E-state index in [0.717, 1.165) is 45.2 Å². The van der Waals surface area contributed by atoms with Gasteiger partial charge in [-0.2, -0.15) is 5.10 Å². The van der Waals surface area contributed by atoms with E-state index >= 15 is 0 Å². The van der Waals surface area contributed by atoms with Crippen molar-refractivity contribution in [2.24, 2.45) is 5.92 Å². The lowest BCUT2D eigenvalue weighted by molar-refractivity contribution is -0.141. The van der Waals surface area contributed by atoms with Crippen LogP contribution in [0.5, 0.6) is 5.75 Å². The van der Waals surface area contributed by atoms with Gasteiger partial charge < -0.3 is 19.1 Å². The SMILES string of the molecule is COCC(C)(C)c1c([C@@H]2CCC(C(=O)O)C2)c2cc3[nH]ncc3cc2n1-c1ccc(F)c(OC)c1. The Kier molecular flexibility index (Phi) is 5.79. The fourth-order valence-electron chi connectivity index (χ4n) is 5.78. The number of ether oxygens (including phenoxy) is 2. The minimum absolute atomic E-state index is 0.0775. The van der Waals surface area contributed by atoms with Crippen molar-refractivity contribution in [1.29, 1.82) is 0 Å². The normalized spacial score (nSPS) is 18.5. The molecule has 8 heteroatoms. The fourth-order valence-corrected chi connectivity index (χ4v) is 5.78. The van der Waals surface area contributed by atoms with Gasteiger partial charge in [0, 0.05) is 40.7 Å². The molecule has 0 spiro atoms. The van der Waals surface area contributed by atoms with Crippen LogP contribution < -0.4 is 4.74 Å². The third-order valence-corrected chi connectivity index (χ3v) is 7.30. The molecule has 1 fully saturated rings. The Morgan fingerprint density at radius 3 is 2.74 bits per heavy atom. The van der Waals surface area contributed by atoms with E-state index in [9.17, 15) is 14.3 Å². The van der Waals surface area contributed by atoms with Crippen molar-refractivity contribution in [3.63, 3.8) is 0 Å². The second kappa shape index (κ2) is 8.68. The van der Waals surface area contributed by atoms with Crippen LogP contribution >= 0.6 is 0 Å². The molecule has 1 aliphatic carbocycles. The van der Waals surface area contributed by atoms with Crippen LogP contribution in [0.25, 0.3) is 27.5 Å². The number of aliphatic carboxylic acids is 1. The highest BCUT2D eigenvalue weighted by Crippen LogP contribution is 2.48. The predicted octanol–water partition coefficient (Wildman–Crippen LogP) is 5.55. The van der Waals surface area contributed by atoms with Gasteiger partial charge in [0.05, 0.1) is 36.9 Å². The van der Waals surface area contributed by atoms with Gasteiger partial charge in [-0.15, -0.1) is 0 Å². The Balaban J connectivity index is 1.87. The van der Waals surface area contributed by atoms with Crippen molar-refractivity contribution < 1.29 is 23.8 Å². The molecule has 4 aromatic rings. The average Bonchev–Trinajstić information content (AvgIpc) is 3.54. The van der Waals surface area contributed by atoms with E-state index < -0.39 is 17.2 Å². The number of fused-ring (bicyclic) bond motifs is 2. The molecule has 5 rings (SSSR count). The smallest absolute Gasteiger partial charge is 0.306 e. The van der Waals surface area contributed by atoms with Crippen molar-refractivity contribution in [2.75, 3.05) is 20.8 Å². The number of nitrogens with one attached hydrogen (secondary N) is 1. The monoisotopic (exact) mass is 479 g/mol. The van der Waals surface area contributed by atoms with Gasteiger partial charge in [-0.1, -0.05) is 13.8 Å². The molecule has 184 valence electrons. The van der Waals surface area contributed by atoms with E-state index in [1.807, 2.05) is 0 Å². The number of carboxylic acids is 1. The first-order chi connectivity index (χ1) is 16.7. The van der Waals surface area contributed by atoms with Gasteiger partial charge in [0.25, 0.3) is 0 Å². The Morgan fingerprint density at radius 2 is 2.06 bits per heavy atom. The largest absolute Gasteiger partial charge is 0.494 e. The van der Waals surface area contributed by atoms with E-state index in [0.29, 0.717) is 19.4 Å². The minimum Gasteiger partial charge on any atom is -0.494 e. The number of nitrogens with zero attached hydrogens (tertiary/aromatic N) is 2. The quantitative estimate of drug-likeness (QED) is 0.363. The summed E-state index contributed by atoms with van der Waals surface area (Å²) in [6.45, 7) is 4.72. The van der Waals surface area contributed by atoms with Crippen molar-refractivity contribution in [1.82, 2.24) is 14.8 Å². The van der Waals surface area contributed by atoms with Crippen molar-refractivity contribution >= 4 is 27.8 Å². The van der Waals surface area contributed by atoms with E-state index in [2.05, 4.69) is 40.7 Å². The molecule has 2 N–H and O–H groups in total. The van der Waals surface area contributed by atoms with Crippen molar-refractivity contribution in [3.8, 4) is 11.4 Å². The Morgan fingerprint density at radius 1 is 1.26 bits per heavy atom. The number of carbonyl (C=O) groups is 1. The Hall–Kier alpha value is -3.39. The van der Waals surface area contributed by atoms with Gasteiger partial charge in [0.15, 0.2) is 11.6 Å². The lowest BCUT2D eigenvalue weighted by atomic mass is 9.82. The Bertz CT molecular complexity index is 1420. The zero-order valence-corrected chi connectivity index (χ0v) is 20.4. The van der Waals surface area contributed by atoms with Crippen LogP contribution in [0.15, 0.2) is 36.5 Å². The summed E-state index contributed by atoms with van der Waals surface area (Å²) in [6, 6.07) is 9.06. The number of methoxy groups -OCH3 is 2. The van der Waals surface area contributed by atoms with Crippen LogP contribution in [0.2, 0.25) is 0 Å². The molecule has 7 nitrogen and oxygen atoms in total. The molecule has 2 atom stereocenters. The van der Waals surface area contributed by atoms with Gasteiger partial charge in [0.2, 0.25) is 0 Å². The molecule has 0 radical (unpaired) electrons. The summed E-state index contributed by atoms with van der Waals surface area (Å²) in [5.74, 6) is -1.29. The standard InChI is InChI=1S/C27H30FN3O4/c1-27(2,14-34-3)25-24(15-5-6-16(9-15)26(32)33)19-12-21-17(13-29-30-21)10-22(19)31(25)18-7-8-20(28)23(11-18)35-4/h7-8,10-13,15-16H,5-6,9,14H2,1-4H3,(H,29,30)(H,32,33)/t15-,16?/m1/s1. The second-order valence-electron chi connectivity index (χ2n) is 10.1. The van der Waals surface area contributed by atoms with Crippen LogP contribution in [-0.4, -0.2) is 46.7 Å². The van der Waals surface area contributed by atoms with Crippen LogP contribution in [-0.2, 0) is 14.9 Å². The molecular weight excluding hydrogens is 449 g/mol. The van der Waals surface area contributed by atoms with Crippen molar-refractivity contribution in [2.45, 2.75) is 44.4 Å². The van der Waals surface area contributed by atoms with E-state index in [4.69, 9.17) is 9.47 Å². The fraction of sp³-hybridized carbons (Fsp3) is 0.407. The highest BCUT2D eigenvalue weighted by Gasteiger charge is 2.39. The molecule has 2 aromatic carbocycles. The molecule has 1 unspecified atom stereocenters. The Labute approximate surface area is 202 Å². The molecule has 1 aliphatic rings. The summed E-state index contributed by atoms with van der Waals surface area (Å²) >= 11 is 0. The zero-order valence-electron chi connectivity index (χ0n) is 20.4. The summed E-state index contributed by atoms with van der Waals surface area (Å²) in [4.78, 5) is 11.8. The number of hydrogen-bond donors (Lipinski definition) is 2. The minimum atomic E-state index is -0.742. The average molecular weight is 480 g/mol. The van der Waals surface area contributed by atoms with Crippen LogP contribution in [0, 0.1) is 11.7 Å². The third kappa shape index (κ3) is 3.86. The maximum absolute atomic E-state index is 14.4. The maximum atomic E-state index is 14.4. The molecule has 2 aromatic heterocycles.